The molecule has 1 N–H and O–H groups in total. The van der Waals surface area contributed by atoms with Crippen molar-refractivity contribution in [3.63, 3.8) is 0 Å². The predicted molar refractivity (Wildman–Crippen MR) is 78.5 cm³/mol. The number of alkyl halides is 2. The fourth-order valence-electron chi connectivity index (χ4n) is 1.79. The third kappa shape index (κ3) is 3.56. The number of hydrogen-bond acceptors (Lipinski definition) is 5. The van der Waals surface area contributed by atoms with Gasteiger partial charge in [0.2, 0.25) is 9.84 Å². The van der Waals surface area contributed by atoms with Crippen molar-refractivity contribution in [2.45, 2.75) is 31.0 Å². The molecule has 8 heteroatoms. The molecule has 0 saturated carbocycles. The number of halogens is 2. The minimum Gasteiger partial charge on any atom is -0.380 e. The number of nitrogens with zero attached hydrogens (tertiary/aromatic N) is 1. The topological polar surface area (TPSA) is 59.1 Å². The van der Waals surface area contributed by atoms with Gasteiger partial charge in [-0.1, -0.05) is 0 Å². The first kappa shape index (κ1) is 15.8. The largest absolute Gasteiger partial charge is 0.380 e. The molecule has 0 spiro atoms. The van der Waals surface area contributed by atoms with Gasteiger partial charge in [-0.3, -0.25) is 0 Å². The third-order valence-electron chi connectivity index (χ3n) is 2.87. The molecule has 21 heavy (non-hydrogen) atoms. The second kappa shape index (κ2) is 6.07. The molecule has 2 rings (SSSR count). The lowest BCUT2D eigenvalue weighted by molar-refractivity contribution is 0.234. The number of anilines is 1. The molecule has 0 amide bonds. The van der Waals surface area contributed by atoms with Gasteiger partial charge in [-0.05, 0) is 38.1 Å². The van der Waals surface area contributed by atoms with E-state index in [0.29, 0.717) is 12.2 Å². The molecule has 2 aromatic rings. The van der Waals surface area contributed by atoms with Crippen LogP contribution in [0.25, 0.3) is 0 Å². The van der Waals surface area contributed by atoms with Crippen LogP contribution in [-0.2, 0) is 16.4 Å². The summed E-state index contributed by atoms with van der Waals surface area (Å²) in [6, 6.07) is 5.29. The van der Waals surface area contributed by atoms with Crippen LogP contribution in [0.5, 0.6) is 0 Å². The Bertz CT molecular complexity index is 725. The fourth-order valence-corrected chi connectivity index (χ4v) is 3.38. The molecule has 0 saturated heterocycles. The van der Waals surface area contributed by atoms with E-state index in [2.05, 4.69) is 10.3 Å². The average Bonchev–Trinajstić information content (AvgIpc) is 2.75. The van der Waals surface area contributed by atoms with Crippen LogP contribution < -0.4 is 5.32 Å². The van der Waals surface area contributed by atoms with Crippen molar-refractivity contribution < 1.29 is 17.2 Å². The van der Waals surface area contributed by atoms with Crippen LogP contribution in [0, 0.1) is 13.8 Å². The van der Waals surface area contributed by atoms with Crippen molar-refractivity contribution in [2.75, 3.05) is 5.32 Å². The summed E-state index contributed by atoms with van der Waals surface area (Å²) in [6.07, 6.45) is 0. The van der Waals surface area contributed by atoms with E-state index in [1.54, 1.807) is 11.3 Å². The summed E-state index contributed by atoms with van der Waals surface area (Å²) < 4.78 is 47.4. The number of rotatable bonds is 5. The van der Waals surface area contributed by atoms with Gasteiger partial charge in [-0.25, -0.2) is 13.4 Å². The van der Waals surface area contributed by atoms with E-state index in [0.717, 1.165) is 15.6 Å². The summed E-state index contributed by atoms with van der Waals surface area (Å²) in [5.41, 5.74) is 1.61. The first-order valence-corrected chi connectivity index (χ1v) is 8.46. The molecule has 4 nitrogen and oxygen atoms in total. The Hall–Kier alpha value is -1.54. The number of benzene rings is 1. The molecule has 1 aromatic carbocycles. The van der Waals surface area contributed by atoms with Crippen molar-refractivity contribution in [3.8, 4) is 0 Å². The van der Waals surface area contributed by atoms with Gasteiger partial charge in [0.05, 0.1) is 22.1 Å². The van der Waals surface area contributed by atoms with Crippen molar-refractivity contribution in [3.05, 3.63) is 39.8 Å². The second-order valence-electron chi connectivity index (χ2n) is 4.43. The van der Waals surface area contributed by atoms with Crippen LogP contribution >= 0.6 is 11.3 Å². The minimum absolute atomic E-state index is 0.382. The quantitative estimate of drug-likeness (QED) is 0.912. The summed E-state index contributed by atoms with van der Waals surface area (Å²) in [7, 11) is -4.53. The molecule has 0 radical (unpaired) electrons. The molecule has 0 atom stereocenters. The van der Waals surface area contributed by atoms with Gasteiger partial charge < -0.3 is 5.32 Å². The summed E-state index contributed by atoms with van der Waals surface area (Å²) in [5, 5.41) is 4.09. The average molecular weight is 332 g/mol. The van der Waals surface area contributed by atoms with E-state index in [4.69, 9.17) is 0 Å². The zero-order chi connectivity index (χ0) is 15.6. The standard InChI is InChI=1S/C13H14F2N2O2S2/c1-8-12(20-9(2)17-8)7-16-10-3-5-11(6-4-10)21(18,19)13(14)15/h3-6,13,16H,7H2,1-2H3. The number of thiazole rings is 1. The fraction of sp³-hybridized carbons (Fsp3) is 0.308. The highest BCUT2D eigenvalue weighted by Crippen LogP contribution is 2.22. The molecule has 0 aliphatic rings. The number of nitrogens with one attached hydrogen (secondary N) is 1. The molecule has 1 aromatic heterocycles. The van der Waals surface area contributed by atoms with Crippen molar-refractivity contribution in [2.24, 2.45) is 0 Å². The van der Waals surface area contributed by atoms with Crippen LogP contribution in [0.4, 0.5) is 14.5 Å². The Kier molecular flexibility index (Phi) is 4.58. The Labute approximate surface area is 125 Å². The van der Waals surface area contributed by atoms with E-state index in [-0.39, 0.29) is 4.90 Å². The maximum atomic E-state index is 12.4. The summed E-state index contributed by atoms with van der Waals surface area (Å²) in [5.74, 6) is -3.40. The molecule has 0 aliphatic carbocycles. The molecule has 0 unspecified atom stereocenters. The first-order chi connectivity index (χ1) is 9.80. The lowest BCUT2D eigenvalue weighted by Gasteiger charge is -2.07. The van der Waals surface area contributed by atoms with Crippen molar-refractivity contribution >= 4 is 26.9 Å². The lowest BCUT2D eigenvalue weighted by Crippen LogP contribution is -2.11. The summed E-state index contributed by atoms with van der Waals surface area (Å²) in [6.45, 7) is 4.39. The molecular weight excluding hydrogens is 318 g/mol. The van der Waals surface area contributed by atoms with E-state index in [1.165, 1.54) is 24.3 Å². The highest BCUT2D eigenvalue weighted by Gasteiger charge is 2.26. The normalized spacial score (nSPS) is 11.9. The Morgan fingerprint density at radius 1 is 1.24 bits per heavy atom. The highest BCUT2D eigenvalue weighted by molar-refractivity contribution is 7.91. The van der Waals surface area contributed by atoms with Gasteiger partial charge in [0.1, 0.15) is 0 Å². The zero-order valence-electron chi connectivity index (χ0n) is 11.4. The van der Waals surface area contributed by atoms with Crippen LogP contribution in [0.15, 0.2) is 29.2 Å². The van der Waals surface area contributed by atoms with Gasteiger partial charge >= 0.3 is 5.76 Å². The molecular formula is C13H14F2N2O2S2. The second-order valence-corrected chi connectivity index (χ2v) is 7.63. The smallest absolute Gasteiger partial charge is 0.341 e. The Balaban J connectivity index is 2.08. The van der Waals surface area contributed by atoms with Crippen molar-refractivity contribution in [1.29, 1.82) is 0 Å². The molecule has 114 valence electrons. The summed E-state index contributed by atoms with van der Waals surface area (Å²) >= 11 is 1.58. The molecule has 0 fully saturated rings. The monoisotopic (exact) mass is 332 g/mol. The minimum atomic E-state index is -4.53. The van der Waals surface area contributed by atoms with Crippen LogP contribution in [0.3, 0.4) is 0 Å². The maximum absolute atomic E-state index is 12.4. The predicted octanol–water partition coefficient (Wildman–Crippen LogP) is 3.37. The van der Waals surface area contributed by atoms with E-state index in [9.17, 15) is 17.2 Å². The van der Waals surface area contributed by atoms with Gasteiger partial charge in [0, 0.05) is 10.6 Å². The number of hydrogen-bond donors (Lipinski definition) is 1. The van der Waals surface area contributed by atoms with Gasteiger partial charge in [0.25, 0.3) is 0 Å². The van der Waals surface area contributed by atoms with E-state index >= 15 is 0 Å². The van der Waals surface area contributed by atoms with E-state index in [1.807, 2.05) is 13.8 Å². The molecule has 1 heterocycles. The number of sulfone groups is 1. The SMILES string of the molecule is Cc1nc(C)c(CNc2ccc(S(=O)(=O)C(F)F)cc2)s1. The Morgan fingerprint density at radius 2 is 1.86 bits per heavy atom. The van der Waals surface area contributed by atoms with Gasteiger partial charge in [-0.15, -0.1) is 11.3 Å². The Morgan fingerprint density at radius 3 is 2.33 bits per heavy atom. The summed E-state index contributed by atoms with van der Waals surface area (Å²) in [4.78, 5) is 5.00. The third-order valence-corrected chi connectivity index (χ3v) is 5.34. The number of aryl methyl sites for hydroxylation is 2. The van der Waals surface area contributed by atoms with Crippen molar-refractivity contribution in [1.82, 2.24) is 4.98 Å². The lowest BCUT2D eigenvalue weighted by atomic mass is 10.3. The molecule has 0 bridgehead atoms. The van der Waals surface area contributed by atoms with Gasteiger partial charge in [-0.2, -0.15) is 8.78 Å². The molecule has 0 aliphatic heterocycles. The maximum Gasteiger partial charge on any atom is 0.341 e. The van der Waals surface area contributed by atoms with E-state index < -0.39 is 15.6 Å². The van der Waals surface area contributed by atoms with Crippen LogP contribution in [0.1, 0.15) is 15.6 Å². The highest BCUT2D eigenvalue weighted by atomic mass is 32.2. The van der Waals surface area contributed by atoms with Crippen LogP contribution in [0.2, 0.25) is 0 Å². The van der Waals surface area contributed by atoms with Gasteiger partial charge in [0.15, 0.2) is 0 Å². The number of aromatic nitrogens is 1. The zero-order valence-corrected chi connectivity index (χ0v) is 13.1. The first-order valence-electron chi connectivity index (χ1n) is 6.09. The van der Waals surface area contributed by atoms with Crippen LogP contribution in [-0.4, -0.2) is 19.2 Å².